The van der Waals surface area contributed by atoms with E-state index in [1.165, 1.54) is 5.56 Å². The van der Waals surface area contributed by atoms with E-state index >= 15 is 0 Å². The molecule has 0 saturated heterocycles. The number of nitro groups is 1. The molecule has 0 fully saturated rings. The van der Waals surface area contributed by atoms with Crippen molar-refractivity contribution in [3.8, 4) is 0 Å². The van der Waals surface area contributed by atoms with E-state index in [4.69, 9.17) is 0 Å². The highest BCUT2D eigenvalue weighted by Gasteiger charge is 2.09. The van der Waals surface area contributed by atoms with Gasteiger partial charge in [-0.2, -0.15) is 0 Å². The second-order valence-corrected chi connectivity index (χ2v) is 5.39. The molecule has 0 saturated carbocycles. The predicted molar refractivity (Wildman–Crippen MR) is 81.8 cm³/mol. The molecule has 1 heterocycles. The molecule has 0 aliphatic carbocycles. The Kier molecular flexibility index (Phi) is 3.28. The van der Waals surface area contributed by atoms with Crippen LogP contribution in [0.15, 0.2) is 59.2 Å². The topological polar surface area (TPSA) is 48.1 Å². The lowest BCUT2D eigenvalue weighted by molar-refractivity contribution is -0.384. The van der Waals surface area contributed by atoms with Crippen LogP contribution in [0.4, 0.5) is 5.69 Å². The largest absolute Gasteiger partial charge is 0.343 e. The van der Waals surface area contributed by atoms with Gasteiger partial charge in [0, 0.05) is 40.2 Å². The van der Waals surface area contributed by atoms with E-state index in [9.17, 15) is 10.1 Å². The molecule has 0 unspecified atom stereocenters. The zero-order chi connectivity index (χ0) is 14.1. The third-order valence-electron chi connectivity index (χ3n) is 3.26. The van der Waals surface area contributed by atoms with Crippen molar-refractivity contribution in [2.45, 2.75) is 6.54 Å². The number of nitro benzene ring substituents is 1. The molecule has 1 aromatic heterocycles. The standard InChI is InChI=1S/C15H11BrN2O2/c16-14-4-2-1-3-12(14)10-17-8-7-11-9-13(18(19)20)5-6-15(11)17/h1-9H,10H2. The van der Waals surface area contributed by atoms with Crippen molar-refractivity contribution in [3.05, 3.63) is 74.9 Å². The molecule has 0 atom stereocenters. The van der Waals surface area contributed by atoms with Crippen LogP contribution in [0.2, 0.25) is 0 Å². The number of hydrogen-bond acceptors (Lipinski definition) is 2. The molecule has 0 radical (unpaired) electrons. The summed E-state index contributed by atoms with van der Waals surface area (Å²) in [6.45, 7) is 0.725. The Labute approximate surface area is 123 Å². The Morgan fingerprint density at radius 3 is 2.70 bits per heavy atom. The van der Waals surface area contributed by atoms with E-state index in [1.54, 1.807) is 18.2 Å². The smallest absolute Gasteiger partial charge is 0.270 e. The van der Waals surface area contributed by atoms with Gasteiger partial charge in [0.1, 0.15) is 0 Å². The van der Waals surface area contributed by atoms with E-state index in [-0.39, 0.29) is 10.6 Å². The molecule has 4 nitrogen and oxygen atoms in total. The van der Waals surface area contributed by atoms with E-state index in [0.29, 0.717) is 0 Å². The number of halogens is 1. The molecule has 100 valence electrons. The molecular formula is C15H11BrN2O2. The first kappa shape index (κ1) is 12.9. The zero-order valence-corrected chi connectivity index (χ0v) is 12.1. The summed E-state index contributed by atoms with van der Waals surface area (Å²) in [5, 5.41) is 11.7. The summed E-state index contributed by atoms with van der Waals surface area (Å²) in [5.41, 5.74) is 2.28. The maximum absolute atomic E-state index is 10.8. The van der Waals surface area contributed by atoms with Gasteiger partial charge in [-0.05, 0) is 23.8 Å². The van der Waals surface area contributed by atoms with E-state index < -0.39 is 0 Å². The molecule has 3 rings (SSSR count). The fraction of sp³-hybridized carbons (Fsp3) is 0.0667. The summed E-state index contributed by atoms with van der Waals surface area (Å²) in [5.74, 6) is 0. The zero-order valence-electron chi connectivity index (χ0n) is 10.5. The van der Waals surface area contributed by atoms with Crippen molar-refractivity contribution in [2.24, 2.45) is 0 Å². The van der Waals surface area contributed by atoms with Crippen molar-refractivity contribution < 1.29 is 4.92 Å². The minimum absolute atomic E-state index is 0.121. The van der Waals surface area contributed by atoms with E-state index in [2.05, 4.69) is 26.6 Å². The number of benzene rings is 2. The van der Waals surface area contributed by atoms with Crippen molar-refractivity contribution >= 4 is 32.5 Å². The van der Waals surface area contributed by atoms with E-state index in [0.717, 1.165) is 21.9 Å². The number of nitrogens with zero attached hydrogens (tertiary/aromatic N) is 2. The normalized spacial score (nSPS) is 10.8. The maximum Gasteiger partial charge on any atom is 0.270 e. The first-order valence-electron chi connectivity index (χ1n) is 6.12. The van der Waals surface area contributed by atoms with E-state index in [1.807, 2.05) is 30.5 Å². The number of fused-ring (bicyclic) bond motifs is 1. The first-order chi connectivity index (χ1) is 9.65. The first-order valence-corrected chi connectivity index (χ1v) is 6.91. The van der Waals surface area contributed by atoms with Gasteiger partial charge in [-0.15, -0.1) is 0 Å². The van der Waals surface area contributed by atoms with Crippen LogP contribution < -0.4 is 0 Å². The van der Waals surface area contributed by atoms with Gasteiger partial charge in [0.05, 0.1) is 4.92 Å². The highest BCUT2D eigenvalue weighted by molar-refractivity contribution is 9.10. The van der Waals surface area contributed by atoms with Crippen LogP contribution in [0, 0.1) is 10.1 Å². The summed E-state index contributed by atoms with van der Waals surface area (Å²) in [4.78, 5) is 10.4. The molecule has 0 spiro atoms. The van der Waals surface area contributed by atoms with Gasteiger partial charge < -0.3 is 4.57 Å². The molecule has 20 heavy (non-hydrogen) atoms. The Hall–Kier alpha value is -2.14. The van der Waals surface area contributed by atoms with Crippen LogP contribution in [0.5, 0.6) is 0 Å². The van der Waals surface area contributed by atoms with Gasteiger partial charge in [-0.25, -0.2) is 0 Å². The maximum atomic E-state index is 10.8. The molecule has 3 aromatic rings. The van der Waals surface area contributed by atoms with Crippen LogP contribution in [0.25, 0.3) is 10.9 Å². The fourth-order valence-electron chi connectivity index (χ4n) is 2.25. The Morgan fingerprint density at radius 2 is 1.95 bits per heavy atom. The summed E-state index contributed by atoms with van der Waals surface area (Å²) in [6.07, 6.45) is 1.95. The summed E-state index contributed by atoms with van der Waals surface area (Å²) in [6, 6.07) is 14.9. The molecule has 0 N–H and O–H groups in total. The molecule has 5 heteroatoms. The highest BCUT2D eigenvalue weighted by Crippen LogP contribution is 2.24. The number of non-ortho nitro benzene ring substituents is 1. The average molecular weight is 331 g/mol. The van der Waals surface area contributed by atoms with Crippen LogP contribution >= 0.6 is 15.9 Å². The van der Waals surface area contributed by atoms with Gasteiger partial charge in [-0.1, -0.05) is 34.1 Å². The lowest BCUT2D eigenvalue weighted by Crippen LogP contribution is -1.98. The molecule has 0 bridgehead atoms. The third kappa shape index (κ3) is 2.32. The fourth-order valence-corrected chi connectivity index (χ4v) is 2.66. The van der Waals surface area contributed by atoms with Gasteiger partial charge in [0.15, 0.2) is 0 Å². The number of aromatic nitrogens is 1. The third-order valence-corrected chi connectivity index (χ3v) is 4.04. The van der Waals surface area contributed by atoms with Crippen molar-refractivity contribution in [1.82, 2.24) is 4.57 Å². The van der Waals surface area contributed by atoms with Crippen molar-refractivity contribution in [1.29, 1.82) is 0 Å². The Balaban J connectivity index is 2.01. The number of hydrogen-bond donors (Lipinski definition) is 0. The van der Waals surface area contributed by atoms with Crippen LogP contribution in [-0.2, 0) is 6.54 Å². The average Bonchev–Trinajstić information content (AvgIpc) is 2.84. The summed E-state index contributed by atoms with van der Waals surface area (Å²) >= 11 is 3.53. The van der Waals surface area contributed by atoms with Gasteiger partial charge >= 0.3 is 0 Å². The lowest BCUT2D eigenvalue weighted by atomic mass is 10.2. The highest BCUT2D eigenvalue weighted by atomic mass is 79.9. The SMILES string of the molecule is O=[N+]([O-])c1ccc2c(ccn2Cc2ccccc2Br)c1. The molecular weight excluding hydrogens is 320 g/mol. The summed E-state index contributed by atoms with van der Waals surface area (Å²) in [7, 11) is 0. The van der Waals surface area contributed by atoms with Crippen molar-refractivity contribution in [2.75, 3.05) is 0 Å². The minimum Gasteiger partial charge on any atom is -0.343 e. The van der Waals surface area contributed by atoms with Crippen LogP contribution in [0.1, 0.15) is 5.56 Å². The quantitative estimate of drug-likeness (QED) is 0.529. The Bertz CT molecular complexity index is 795. The predicted octanol–water partition coefficient (Wildman–Crippen LogP) is 4.36. The van der Waals surface area contributed by atoms with Gasteiger partial charge in [0.25, 0.3) is 5.69 Å². The summed E-state index contributed by atoms with van der Waals surface area (Å²) < 4.78 is 3.14. The number of rotatable bonds is 3. The van der Waals surface area contributed by atoms with Crippen LogP contribution in [0.3, 0.4) is 0 Å². The second kappa shape index (κ2) is 5.09. The van der Waals surface area contributed by atoms with Crippen LogP contribution in [-0.4, -0.2) is 9.49 Å². The second-order valence-electron chi connectivity index (χ2n) is 4.54. The Morgan fingerprint density at radius 1 is 1.15 bits per heavy atom. The van der Waals surface area contributed by atoms with Gasteiger partial charge in [-0.3, -0.25) is 10.1 Å². The lowest BCUT2D eigenvalue weighted by Gasteiger charge is -2.07. The molecule has 0 aliphatic rings. The molecule has 0 amide bonds. The van der Waals surface area contributed by atoms with Gasteiger partial charge in [0.2, 0.25) is 0 Å². The molecule has 0 aliphatic heterocycles. The molecule has 2 aromatic carbocycles. The van der Waals surface area contributed by atoms with Crippen molar-refractivity contribution in [3.63, 3.8) is 0 Å². The monoisotopic (exact) mass is 330 g/mol. The minimum atomic E-state index is -0.370.